The van der Waals surface area contributed by atoms with E-state index >= 15 is 0 Å². The number of aliphatic hydroxyl groups excluding tert-OH is 2. The number of likely N-dealkylation sites (tertiary alicyclic amines) is 1. The van der Waals surface area contributed by atoms with Crippen molar-refractivity contribution in [1.82, 2.24) is 31.0 Å². The van der Waals surface area contributed by atoms with Crippen LogP contribution in [0.15, 0.2) is 30.5 Å². The second-order valence-corrected chi connectivity index (χ2v) is 10.8. The summed E-state index contributed by atoms with van der Waals surface area (Å²) >= 11 is 0. The van der Waals surface area contributed by atoms with Gasteiger partial charge in [0.15, 0.2) is 0 Å². The molecule has 2 aliphatic heterocycles. The molecule has 9 N–H and O–H groups in total. The highest BCUT2D eigenvalue weighted by atomic mass is 16.5. The summed E-state index contributed by atoms with van der Waals surface area (Å²) in [7, 11) is 0. The highest BCUT2D eigenvalue weighted by Gasteiger charge is 2.70. The van der Waals surface area contributed by atoms with Crippen molar-refractivity contribution in [2.45, 2.75) is 55.2 Å². The molecule has 13 heteroatoms. The summed E-state index contributed by atoms with van der Waals surface area (Å²) in [6.45, 7) is 4.44. The summed E-state index contributed by atoms with van der Waals surface area (Å²) in [6.07, 6.45) is 0.109. The standard InChI is InChI=1S/C26H39N7O6/c1-16(34)26(30-24(37)32-10-4-5-11-32)20(27)21(31-33-12-8-28-9-13-33)25(38,23(26)36)15-39-22(35)18-14-29-19-7-3-2-6-17(18)19/h2-3,6-7,14,16,20-21,23,28-29,31,34,36,38H,4-5,8-13,15,27H2,1H3,(H,30,37)/t16-,20-,21-,23-,25+,26-/m0/s1. The van der Waals surface area contributed by atoms with E-state index in [4.69, 9.17) is 10.5 Å². The molecule has 0 radical (unpaired) electrons. The topological polar surface area (TPSA) is 188 Å². The van der Waals surface area contributed by atoms with Gasteiger partial charge in [-0.05, 0) is 25.8 Å². The van der Waals surface area contributed by atoms with Crippen LogP contribution in [0, 0.1) is 0 Å². The molecular weight excluding hydrogens is 506 g/mol. The number of hydrogen-bond acceptors (Lipinski definition) is 10. The van der Waals surface area contributed by atoms with Crippen LogP contribution in [0.3, 0.4) is 0 Å². The van der Waals surface area contributed by atoms with E-state index in [9.17, 15) is 24.9 Å². The number of carbonyl (C=O) groups is 2. The smallest absolute Gasteiger partial charge is 0.340 e. The average Bonchev–Trinajstić information content (AvgIpc) is 3.66. The Kier molecular flexibility index (Phi) is 7.84. The Morgan fingerprint density at radius 3 is 2.59 bits per heavy atom. The van der Waals surface area contributed by atoms with Crippen LogP contribution in [-0.2, 0) is 4.74 Å². The van der Waals surface area contributed by atoms with E-state index in [1.165, 1.54) is 13.1 Å². The summed E-state index contributed by atoms with van der Waals surface area (Å²) < 4.78 is 5.60. The first-order chi connectivity index (χ1) is 18.7. The Labute approximate surface area is 226 Å². The zero-order chi connectivity index (χ0) is 27.8. The number of hydrogen-bond donors (Lipinski definition) is 8. The summed E-state index contributed by atoms with van der Waals surface area (Å²) in [4.78, 5) is 30.9. The number of amides is 2. The first-order valence-electron chi connectivity index (χ1n) is 13.5. The molecule has 3 aliphatic rings. The fourth-order valence-electron chi connectivity index (χ4n) is 6.15. The number of para-hydroxylation sites is 1. The first kappa shape index (κ1) is 27.8. The predicted octanol–water partition coefficient (Wildman–Crippen LogP) is -1.54. The SMILES string of the molecule is C[C@H](O)[C@]1(NC(=O)N2CCCC2)[C@@H](N)[C@H](NN2CCNCC2)[C@](O)(COC(=O)c2c[nH]c3ccccc23)[C@@H]1O. The third kappa shape index (κ3) is 4.88. The second kappa shape index (κ2) is 11.0. The van der Waals surface area contributed by atoms with Crippen LogP contribution >= 0.6 is 0 Å². The van der Waals surface area contributed by atoms with E-state index in [0.717, 1.165) is 18.4 Å². The number of piperazine rings is 1. The number of urea groups is 1. The van der Waals surface area contributed by atoms with Gasteiger partial charge in [0, 0.05) is 56.4 Å². The minimum atomic E-state index is -2.15. The Morgan fingerprint density at radius 1 is 1.21 bits per heavy atom. The van der Waals surface area contributed by atoms with Crippen molar-refractivity contribution in [2.24, 2.45) is 5.73 Å². The maximum Gasteiger partial charge on any atom is 0.340 e. The number of rotatable bonds is 7. The number of nitrogens with one attached hydrogen (secondary N) is 4. The van der Waals surface area contributed by atoms with Gasteiger partial charge in [0.2, 0.25) is 0 Å². The maximum atomic E-state index is 13.2. The lowest BCUT2D eigenvalue weighted by atomic mass is 9.84. The van der Waals surface area contributed by atoms with Gasteiger partial charge in [0.05, 0.1) is 23.8 Å². The number of nitrogens with two attached hydrogens (primary N) is 1. The third-order valence-corrected chi connectivity index (χ3v) is 8.47. The van der Waals surface area contributed by atoms with Crippen LogP contribution < -0.4 is 21.8 Å². The number of fused-ring (bicyclic) bond motifs is 1. The minimum Gasteiger partial charge on any atom is -0.459 e. The van der Waals surface area contributed by atoms with Gasteiger partial charge in [-0.3, -0.25) is 0 Å². The number of aliphatic hydroxyl groups is 3. The summed E-state index contributed by atoms with van der Waals surface area (Å²) in [5, 5.41) is 43.3. The van der Waals surface area contributed by atoms with E-state index < -0.39 is 54.0 Å². The molecule has 0 unspecified atom stereocenters. The Bertz CT molecular complexity index is 1180. The molecule has 5 rings (SSSR count). The van der Waals surface area contributed by atoms with Crippen LogP contribution in [0.25, 0.3) is 10.9 Å². The van der Waals surface area contributed by atoms with Crippen molar-refractivity contribution >= 4 is 22.9 Å². The van der Waals surface area contributed by atoms with Gasteiger partial charge in [-0.1, -0.05) is 18.2 Å². The van der Waals surface area contributed by atoms with E-state index in [-0.39, 0.29) is 5.56 Å². The zero-order valence-electron chi connectivity index (χ0n) is 22.1. The summed E-state index contributed by atoms with van der Waals surface area (Å²) in [5.74, 6) is -0.696. The van der Waals surface area contributed by atoms with Crippen LogP contribution in [0.2, 0.25) is 0 Å². The Morgan fingerprint density at radius 2 is 1.90 bits per heavy atom. The molecule has 1 saturated carbocycles. The molecule has 1 aromatic carbocycles. The van der Waals surface area contributed by atoms with Gasteiger partial charge in [-0.25, -0.2) is 20.0 Å². The van der Waals surface area contributed by atoms with Gasteiger partial charge in [-0.15, -0.1) is 0 Å². The van der Waals surface area contributed by atoms with Crippen LogP contribution in [-0.4, -0.2) is 124 Å². The van der Waals surface area contributed by atoms with Gasteiger partial charge in [0.25, 0.3) is 0 Å². The molecule has 2 aromatic rings. The Balaban J connectivity index is 1.44. The monoisotopic (exact) mass is 545 g/mol. The number of hydrazine groups is 1. The maximum absolute atomic E-state index is 13.2. The molecule has 1 aliphatic carbocycles. The lowest BCUT2D eigenvalue weighted by Crippen LogP contribution is -2.72. The van der Waals surface area contributed by atoms with Crippen molar-refractivity contribution in [3.05, 3.63) is 36.0 Å². The fraction of sp³-hybridized carbons (Fsp3) is 0.615. The molecule has 3 fully saturated rings. The number of aromatic nitrogens is 1. The van der Waals surface area contributed by atoms with Crippen molar-refractivity contribution < 1.29 is 29.6 Å². The molecule has 13 nitrogen and oxygen atoms in total. The van der Waals surface area contributed by atoms with Crippen LogP contribution in [0.5, 0.6) is 0 Å². The lowest BCUT2D eigenvalue weighted by molar-refractivity contribution is -0.135. The van der Waals surface area contributed by atoms with E-state index in [2.05, 4.69) is 21.0 Å². The quantitative estimate of drug-likeness (QED) is 0.189. The van der Waals surface area contributed by atoms with E-state index in [0.29, 0.717) is 44.7 Å². The molecule has 2 saturated heterocycles. The van der Waals surface area contributed by atoms with Gasteiger partial charge in [0.1, 0.15) is 23.9 Å². The molecule has 214 valence electrons. The predicted molar refractivity (Wildman–Crippen MR) is 143 cm³/mol. The van der Waals surface area contributed by atoms with Gasteiger partial charge in [-0.2, -0.15) is 0 Å². The molecule has 1 aromatic heterocycles. The van der Waals surface area contributed by atoms with Crippen molar-refractivity contribution in [2.75, 3.05) is 45.9 Å². The lowest BCUT2D eigenvalue weighted by Gasteiger charge is -2.42. The fourth-order valence-corrected chi connectivity index (χ4v) is 6.15. The molecule has 3 heterocycles. The normalized spacial score (nSPS) is 32.4. The average molecular weight is 546 g/mol. The number of H-pyrrole nitrogens is 1. The van der Waals surface area contributed by atoms with E-state index in [1.54, 1.807) is 17.0 Å². The van der Waals surface area contributed by atoms with E-state index in [1.807, 2.05) is 17.1 Å². The van der Waals surface area contributed by atoms with Crippen molar-refractivity contribution in [3.8, 4) is 0 Å². The molecule has 2 amide bonds. The van der Waals surface area contributed by atoms with Crippen molar-refractivity contribution in [1.29, 1.82) is 0 Å². The zero-order valence-corrected chi connectivity index (χ0v) is 22.1. The molecular formula is C26H39N7O6. The Hall–Kier alpha value is -2.78. The number of carbonyl (C=O) groups excluding carboxylic acids is 2. The largest absolute Gasteiger partial charge is 0.459 e. The minimum absolute atomic E-state index is 0.279. The summed E-state index contributed by atoms with van der Waals surface area (Å²) in [5.41, 5.74) is 6.97. The molecule has 39 heavy (non-hydrogen) atoms. The van der Waals surface area contributed by atoms with Gasteiger partial charge >= 0.3 is 12.0 Å². The third-order valence-electron chi connectivity index (χ3n) is 8.47. The molecule has 0 spiro atoms. The van der Waals surface area contributed by atoms with Gasteiger partial charge < -0.3 is 46.3 Å². The molecule has 0 bridgehead atoms. The van der Waals surface area contributed by atoms with Crippen LogP contribution in [0.1, 0.15) is 30.1 Å². The number of benzene rings is 1. The summed E-state index contributed by atoms with van der Waals surface area (Å²) in [6, 6.07) is 4.54. The number of esters is 1. The second-order valence-electron chi connectivity index (χ2n) is 10.8. The number of aromatic amines is 1. The number of nitrogens with zero attached hydrogens (tertiary/aromatic N) is 2. The number of ether oxygens (including phenoxy) is 1. The highest BCUT2D eigenvalue weighted by molar-refractivity contribution is 6.04. The van der Waals surface area contributed by atoms with Crippen LogP contribution in [0.4, 0.5) is 4.79 Å². The highest BCUT2D eigenvalue weighted by Crippen LogP contribution is 2.41. The van der Waals surface area contributed by atoms with Crippen molar-refractivity contribution in [3.63, 3.8) is 0 Å². The first-order valence-corrected chi connectivity index (χ1v) is 13.5. The molecule has 6 atom stereocenters.